The highest BCUT2D eigenvalue weighted by Gasteiger charge is 2.01. The van der Waals surface area contributed by atoms with E-state index in [2.05, 4.69) is 9.72 Å². The van der Waals surface area contributed by atoms with Crippen molar-refractivity contribution in [2.75, 3.05) is 32.2 Å². The Labute approximate surface area is 136 Å². The van der Waals surface area contributed by atoms with E-state index in [0.717, 1.165) is 23.7 Å². The van der Waals surface area contributed by atoms with Crippen LogP contribution in [0, 0.1) is 0 Å². The van der Waals surface area contributed by atoms with Gasteiger partial charge in [-0.2, -0.15) is 0 Å². The van der Waals surface area contributed by atoms with E-state index >= 15 is 0 Å². The largest absolute Gasteiger partial charge is 0.492 e. The lowest BCUT2D eigenvalue weighted by Crippen LogP contribution is -2.24. The third-order valence-electron chi connectivity index (χ3n) is 3.23. The molecule has 0 atom stereocenters. The van der Waals surface area contributed by atoms with E-state index in [0.29, 0.717) is 6.61 Å². The molecule has 0 aliphatic rings. The van der Waals surface area contributed by atoms with Gasteiger partial charge in [-0.1, -0.05) is 18.2 Å². The summed E-state index contributed by atoms with van der Waals surface area (Å²) in [7, 11) is 3.33. The van der Waals surface area contributed by atoms with Gasteiger partial charge >= 0.3 is 5.97 Å². The number of ether oxygens (including phenoxy) is 2. The number of methoxy groups -OCH3 is 1. The Morgan fingerprint density at radius 1 is 1.22 bits per heavy atom. The van der Waals surface area contributed by atoms with Crippen molar-refractivity contribution in [1.29, 1.82) is 0 Å². The Morgan fingerprint density at radius 2 is 2.00 bits per heavy atom. The zero-order chi connectivity index (χ0) is 16.5. The number of esters is 1. The molecule has 0 spiro atoms. The second-order valence-corrected chi connectivity index (χ2v) is 4.88. The van der Waals surface area contributed by atoms with Crippen molar-refractivity contribution in [3.63, 3.8) is 0 Å². The molecule has 0 aliphatic carbocycles. The van der Waals surface area contributed by atoms with E-state index in [4.69, 9.17) is 4.74 Å². The van der Waals surface area contributed by atoms with Gasteiger partial charge in [0.25, 0.3) is 0 Å². The van der Waals surface area contributed by atoms with Gasteiger partial charge in [0.2, 0.25) is 0 Å². The van der Waals surface area contributed by atoms with Crippen molar-refractivity contribution in [2.24, 2.45) is 0 Å². The zero-order valence-corrected chi connectivity index (χ0v) is 13.3. The molecule has 0 amide bonds. The summed E-state index contributed by atoms with van der Waals surface area (Å²) in [5.41, 5.74) is 0.911. The summed E-state index contributed by atoms with van der Waals surface area (Å²) in [4.78, 5) is 17.3. The summed E-state index contributed by atoms with van der Waals surface area (Å²) in [5, 5.41) is 0. The molecule has 23 heavy (non-hydrogen) atoms. The molecule has 0 radical (unpaired) electrons. The summed E-state index contributed by atoms with van der Waals surface area (Å²) in [5.74, 6) is 1.33. The monoisotopic (exact) mass is 312 g/mol. The van der Waals surface area contributed by atoms with Crippen molar-refractivity contribution >= 4 is 17.9 Å². The number of aromatic nitrogens is 1. The van der Waals surface area contributed by atoms with Gasteiger partial charge in [-0.3, -0.25) is 0 Å². The average molecular weight is 312 g/mol. The van der Waals surface area contributed by atoms with Crippen LogP contribution in [0.15, 0.2) is 54.7 Å². The summed E-state index contributed by atoms with van der Waals surface area (Å²) in [6, 6.07) is 13.3. The number of likely N-dealkylation sites (N-methyl/N-ethyl adjacent to an activating group) is 1. The maximum absolute atomic E-state index is 11.0. The van der Waals surface area contributed by atoms with Gasteiger partial charge in [-0.25, -0.2) is 9.78 Å². The van der Waals surface area contributed by atoms with Crippen molar-refractivity contribution in [1.82, 2.24) is 4.98 Å². The highest BCUT2D eigenvalue weighted by molar-refractivity contribution is 5.86. The average Bonchev–Trinajstić information content (AvgIpc) is 2.61. The lowest BCUT2D eigenvalue weighted by atomic mass is 10.2. The summed E-state index contributed by atoms with van der Waals surface area (Å²) in [6.45, 7) is 1.30. The van der Waals surface area contributed by atoms with Crippen molar-refractivity contribution in [3.8, 4) is 5.75 Å². The molecule has 0 N–H and O–H groups in total. The molecule has 0 fully saturated rings. The third kappa shape index (κ3) is 5.47. The number of carbonyl (C=O) groups excluding carboxylic acids is 1. The van der Waals surface area contributed by atoms with Crippen molar-refractivity contribution < 1.29 is 14.3 Å². The minimum atomic E-state index is -0.372. The molecule has 0 bridgehead atoms. The molecular formula is C18H20N2O3. The van der Waals surface area contributed by atoms with E-state index in [1.54, 1.807) is 12.3 Å². The van der Waals surface area contributed by atoms with Crippen LogP contribution < -0.4 is 9.64 Å². The molecule has 1 aromatic carbocycles. The van der Waals surface area contributed by atoms with E-state index in [9.17, 15) is 4.79 Å². The van der Waals surface area contributed by atoms with Crippen molar-refractivity contribution in [2.45, 2.75) is 0 Å². The van der Waals surface area contributed by atoms with Crippen LogP contribution in [0.3, 0.4) is 0 Å². The maximum atomic E-state index is 11.0. The molecule has 1 aromatic heterocycles. The van der Waals surface area contributed by atoms with Crippen LogP contribution in [0.25, 0.3) is 6.08 Å². The maximum Gasteiger partial charge on any atom is 0.330 e. The molecule has 120 valence electrons. The number of benzene rings is 1. The topological polar surface area (TPSA) is 51.7 Å². The Kier molecular flexibility index (Phi) is 6.17. The highest BCUT2D eigenvalue weighted by atomic mass is 16.5. The van der Waals surface area contributed by atoms with E-state index in [1.807, 2.05) is 54.4 Å². The first-order valence-corrected chi connectivity index (χ1v) is 7.30. The number of anilines is 1. The summed E-state index contributed by atoms with van der Waals surface area (Å²) < 4.78 is 10.3. The first kappa shape index (κ1) is 16.5. The predicted molar refractivity (Wildman–Crippen MR) is 90.5 cm³/mol. The Morgan fingerprint density at radius 3 is 2.65 bits per heavy atom. The number of hydrogen-bond donors (Lipinski definition) is 0. The van der Waals surface area contributed by atoms with Gasteiger partial charge in [0.05, 0.1) is 13.7 Å². The fourth-order valence-electron chi connectivity index (χ4n) is 1.90. The normalized spacial score (nSPS) is 10.5. The molecule has 0 aliphatic heterocycles. The minimum Gasteiger partial charge on any atom is -0.492 e. The SMILES string of the molecule is COC(=O)C=Cc1ccc(OCCN(C)c2ccccn2)cc1. The zero-order valence-electron chi connectivity index (χ0n) is 13.3. The molecule has 5 heteroatoms. The van der Waals surface area contributed by atoms with E-state index < -0.39 is 0 Å². The van der Waals surface area contributed by atoms with Gasteiger partial charge < -0.3 is 14.4 Å². The second kappa shape index (κ2) is 8.58. The standard InChI is InChI=1S/C18H20N2O3/c1-20(17-5-3-4-12-19-17)13-14-23-16-9-6-15(7-10-16)8-11-18(21)22-2/h3-12H,13-14H2,1-2H3. The summed E-state index contributed by atoms with van der Waals surface area (Å²) >= 11 is 0. The van der Waals surface area contributed by atoms with Gasteiger partial charge in [0, 0.05) is 19.3 Å². The molecule has 0 saturated heterocycles. The Hall–Kier alpha value is -2.82. The van der Waals surface area contributed by atoms with Gasteiger partial charge in [0.1, 0.15) is 18.2 Å². The molecule has 0 unspecified atom stereocenters. The van der Waals surface area contributed by atoms with Crippen LogP contribution >= 0.6 is 0 Å². The van der Waals surface area contributed by atoms with Gasteiger partial charge in [-0.05, 0) is 35.9 Å². The quantitative estimate of drug-likeness (QED) is 0.581. The van der Waals surface area contributed by atoms with Crippen molar-refractivity contribution in [3.05, 3.63) is 60.3 Å². The molecule has 1 heterocycles. The van der Waals surface area contributed by atoms with E-state index in [1.165, 1.54) is 13.2 Å². The van der Waals surface area contributed by atoms with E-state index in [-0.39, 0.29) is 5.97 Å². The summed E-state index contributed by atoms with van der Waals surface area (Å²) in [6.07, 6.45) is 4.86. The van der Waals surface area contributed by atoms with Crippen LogP contribution in [0.5, 0.6) is 5.75 Å². The first-order chi connectivity index (χ1) is 11.2. The van der Waals surface area contributed by atoms with Crippen LogP contribution in [0.4, 0.5) is 5.82 Å². The highest BCUT2D eigenvalue weighted by Crippen LogP contribution is 2.14. The van der Waals surface area contributed by atoms with Crippen LogP contribution in [0.2, 0.25) is 0 Å². The number of carbonyl (C=O) groups is 1. The fourth-order valence-corrected chi connectivity index (χ4v) is 1.90. The van der Waals surface area contributed by atoms with Crippen LogP contribution in [-0.2, 0) is 9.53 Å². The second-order valence-electron chi connectivity index (χ2n) is 4.88. The number of pyridine rings is 1. The molecule has 5 nitrogen and oxygen atoms in total. The molecule has 2 aromatic rings. The first-order valence-electron chi connectivity index (χ1n) is 7.30. The smallest absolute Gasteiger partial charge is 0.330 e. The minimum absolute atomic E-state index is 0.372. The van der Waals surface area contributed by atoms with Gasteiger partial charge in [0.15, 0.2) is 0 Å². The molecular weight excluding hydrogens is 292 g/mol. The number of rotatable bonds is 7. The predicted octanol–water partition coefficient (Wildman–Crippen LogP) is 2.78. The number of hydrogen-bond acceptors (Lipinski definition) is 5. The lowest BCUT2D eigenvalue weighted by Gasteiger charge is -2.18. The third-order valence-corrected chi connectivity index (χ3v) is 3.23. The lowest BCUT2D eigenvalue weighted by molar-refractivity contribution is -0.134. The fraction of sp³-hybridized carbons (Fsp3) is 0.222. The number of nitrogens with zero attached hydrogens (tertiary/aromatic N) is 2. The Bertz CT molecular complexity index is 639. The van der Waals surface area contributed by atoms with Crippen LogP contribution in [-0.4, -0.2) is 38.3 Å². The van der Waals surface area contributed by atoms with Gasteiger partial charge in [-0.15, -0.1) is 0 Å². The van der Waals surface area contributed by atoms with Crippen LogP contribution in [0.1, 0.15) is 5.56 Å². The molecule has 2 rings (SSSR count). The molecule has 0 saturated carbocycles. The Balaban J connectivity index is 1.80.